The number of amides is 3. The van der Waals surface area contributed by atoms with Crippen LogP contribution < -0.4 is 9.80 Å². The van der Waals surface area contributed by atoms with Crippen LogP contribution in [0.3, 0.4) is 0 Å². The van der Waals surface area contributed by atoms with E-state index >= 15 is 0 Å². The number of thioether (sulfide) groups is 1. The minimum Gasteiger partial charge on any atom is -0.443 e. The molecule has 0 aliphatic carbocycles. The number of carbonyl (C=O) groups excluding carboxylic acids is 2. The van der Waals surface area contributed by atoms with E-state index in [2.05, 4.69) is 15.1 Å². The van der Waals surface area contributed by atoms with Crippen molar-refractivity contribution in [2.24, 2.45) is 7.05 Å². The molecule has 0 aromatic carbocycles. The first kappa shape index (κ1) is 21.4. The van der Waals surface area contributed by atoms with Crippen molar-refractivity contribution < 1.29 is 14.3 Å². The van der Waals surface area contributed by atoms with Gasteiger partial charge in [0.25, 0.3) is 0 Å². The lowest BCUT2D eigenvalue weighted by Crippen LogP contribution is -2.50. The Morgan fingerprint density at radius 2 is 2.00 bits per heavy atom. The fourth-order valence-electron chi connectivity index (χ4n) is 4.01. The highest BCUT2D eigenvalue weighted by atomic mass is 32.2. The zero-order valence-corrected chi connectivity index (χ0v) is 19.4. The second-order valence-corrected chi connectivity index (χ2v) is 9.43. The summed E-state index contributed by atoms with van der Waals surface area (Å²) in [5.74, 6) is 1.29. The van der Waals surface area contributed by atoms with E-state index in [1.807, 2.05) is 27.0 Å². The molecule has 0 N–H and O–H groups in total. The van der Waals surface area contributed by atoms with Crippen molar-refractivity contribution in [1.82, 2.24) is 24.6 Å². The fourth-order valence-corrected chi connectivity index (χ4v) is 4.34. The van der Waals surface area contributed by atoms with E-state index < -0.39 is 11.7 Å². The average Bonchev–Trinajstić information content (AvgIpc) is 3.10. The summed E-state index contributed by atoms with van der Waals surface area (Å²) in [6.45, 7) is 6.34. The number of carbonyl (C=O) groups is 2. The molecule has 4 rings (SSSR count). The van der Waals surface area contributed by atoms with Gasteiger partial charge in [0.05, 0.1) is 18.8 Å². The molecule has 10 nitrogen and oxygen atoms in total. The molecular formula is C20H27N7O3S. The molecule has 2 aliphatic heterocycles. The first-order valence-corrected chi connectivity index (χ1v) is 11.3. The molecule has 166 valence electrons. The number of urea groups is 1. The molecule has 4 heterocycles. The molecule has 2 aromatic heterocycles. The third-order valence-electron chi connectivity index (χ3n) is 5.36. The quantitative estimate of drug-likeness (QED) is 0.517. The maximum atomic E-state index is 13.3. The summed E-state index contributed by atoms with van der Waals surface area (Å²) >= 11 is 1.44. The molecule has 0 saturated carbocycles. The lowest BCUT2D eigenvalue weighted by molar-refractivity contribution is 0.0569. The van der Waals surface area contributed by atoms with E-state index in [1.165, 1.54) is 11.8 Å². The van der Waals surface area contributed by atoms with Gasteiger partial charge in [-0.3, -0.25) is 14.5 Å². The highest BCUT2D eigenvalue weighted by Gasteiger charge is 2.41. The van der Waals surface area contributed by atoms with Crippen molar-refractivity contribution in [3.05, 3.63) is 23.5 Å². The predicted octanol–water partition coefficient (Wildman–Crippen LogP) is 3.19. The molecule has 1 unspecified atom stereocenters. The number of ether oxygens (including phenoxy) is 1. The molecule has 0 saturated heterocycles. The maximum Gasteiger partial charge on any atom is 0.416 e. The summed E-state index contributed by atoms with van der Waals surface area (Å²) in [5, 5.41) is 5.00. The number of rotatable bonds is 2. The highest BCUT2D eigenvalue weighted by molar-refractivity contribution is 7.98. The van der Waals surface area contributed by atoms with Crippen molar-refractivity contribution in [3.8, 4) is 0 Å². The normalized spacial score (nSPS) is 18.7. The summed E-state index contributed by atoms with van der Waals surface area (Å²) in [5.41, 5.74) is 1.11. The van der Waals surface area contributed by atoms with Crippen LogP contribution in [0.1, 0.15) is 44.4 Å². The highest BCUT2D eigenvalue weighted by Crippen LogP contribution is 2.41. The number of aryl methyl sites for hydroxylation is 1. The number of fused-ring (bicyclic) bond motifs is 2. The zero-order chi connectivity index (χ0) is 22.5. The summed E-state index contributed by atoms with van der Waals surface area (Å²) < 4.78 is 7.24. The molecule has 0 spiro atoms. The zero-order valence-electron chi connectivity index (χ0n) is 18.6. The first-order valence-electron chi connectivity index (χ1n) is 10.1. The van der Waals surface area contributed by atoms with E-state index in [9.17, 15) is 9.59 Å². The van der Waals surface area contributed by atoms with Gasteiger partial charge in [-0.15, -0.1) is 0 Å². The Bertz CT molecular complexity index is 1030. The minimum atomic E-state index is -0.600. The maximum absolute atomic E-state index is 13.3. The van der Waals surface area contributed by atoms with E-state index in [4.69, 9.17) is 4.74 Å². The van der Waals surface area contributed by atoms with Crippen LogP contribution in [0.25, 0.3) is 0 Å². The van der Waals surface area contributed by atoms with Crippen LogP contribution >= 0.6 is 11.8 Å². The second-order valence-electron chi connectivity index (χ2n) is 8.66. The molecule has 0 radical (unpaired) electrons. The van der Waals surface area contributed by atoms with Gasteiger partial charge >= 0.3 is 12.1 Å². The van der Waals surface area contributed by atoms with Gasteiger partial charge in [-0.2, -0.15) is 5.10 Å². The molecule has 11 heteroatoms. The van der Waals surface area contributed by atoms with Crippen LogP contribution in [0.15, 0.2) is 17.6 Å². The lowest BCUT2D eigenvalue weighted by atomic mass is 9.99. The van der Waals surface area contributed by atoms with Gasteiger partial charge in [0.2, 0.25) is 0 Å². The van der Waals surface area contributed by atoms with Crippen molar-refractivity contribution in [2.75, 3.05) is 29.6 Å². The van der Waals surface area contributed by atoms with Crippen molar-refractivity contribution in [3.63, 3.8) is 0 Å². The number of aromatic nitrogens is 4. The first-order chi connectivity index (χ1) is 14.6. The third kappa shape index (κ3) is 3.82. The third-order valence-corrected chi connectivity index (χ3v) is 5.92. The molecule has 0 bridgehead atoms. The Kier molecular flexibility index (Phi) is 5.32. The Labute approximate surface area is 185 Å². The summed E-state index contributed by atoms with van der Waals surface area (Å²) in [6, 6.07) is -0.352. The van der Waals surface area contributed by atoms with Gasteiger partial charge < -0.3 is 9.64 Å². The Morgan fingerprint density at radius 1 is 1.26 bits per heavy atom. The van der Waals surface area contributed by atoms with Crippen LogP contribution in [-0.2, 0) is 18.3 Å². The van der Waals surface area contributed by atoms with Gasteiger partial charge in [-0.25, -0.2) is 19.6 Å². The van der Waals surface area contributed by atoms with Crippen LogP contribution in [0, 0.1) is 0 Å². The molecule has 3 amide bonds. The van der Waals surface area contributed by atoms with E-state index in [1.54, 1.807) is 45.9 Å². The molecule has 1 atom stereocenters. The molecule has 2 aliphatic rings. The monoisotopic (exact) mass is 445 g/mol. The number of hydrogen-bond acceptors (Lipinski definition) is 7. The van der Waals surface area contributed by atoms with Crippen molar-refractivity contribution in [1.29, 1.82) is 0 Å². The molecule has 0 fully saturated rings. The Hall–Kier alpha value is -2.82. The number of anilines is 2. The van der Waals surface area contributed by atoms with Gasteiger partial charge in [0.15, 0.2) is 5.16 Å². The summed E-state index contributed by atoms with van der Waals surface area (Å²) in [6.07, 6.45) is 5.58. The fraction of sp³-hybridized carbons (Fsp3) is 0.550. The van der Waals surface area contributed by atoms with Crippen molar-refractivity contribution >= 4 is 35.5 Å². The molecular weight excluding hydrogens is 418 g/mol. The largest absolute Gasteiger partial charge is 0.443 e. The van der Waals surface area contributed by atoms with E-state index in [0.29, 0.717) is 36.3 Å². The topological polar surface area (TPSA) is 96.7 Å². The number of nitrogens with zero attached hydrogens (tertiary/aromatic N) is 7. The SMILES string of the molecule is CSc1ncc2c(n1)N(C)C(=O)N(C1CCN(C(=O)OC(C)(C)C)c3c1cnn3C)C2. The lowest BCUT2D eigenvalue weighted by Gasteiger charge is -2.42. The van der Waals surface area contributed by atoms with Crippen LogP contribution in [0.5, 0.6) is 0 Å². The van der Waals surface area contributed by atoms with Crippen molar-refractivity contribution in [2.45, 2.75) is 50.5 Å². The standard InChI is InChI=1S/C20H27N7O3S/c1-20(2,3)30-19(29)26-8-7-14(13-10-22-25(5)16(13)26)27-11-12-9-21-17(31-6)23-15(12)24(4)18(27)28/h9-10,14H,7-8,11H2,1-6H3. The Balaban J connectivity index is 1.66. The van der Waals surface area contributed by atoms with E-state index in [-0.39, 0.29) is 12.1 Å². The smallest absolute Gasteiger partial charge is 0.416 e. The molecule has 2 aromatic rings. The average molecular weight is 446 g/mol. The van der Waals surface area contributed by atoms with E-state index in [0.717, 1.165) is 11.1 Å². The van der Waals surface area contributed by atoms with Gasteiger partial charge in [-0.1, -0.05) is 11.8 Å². The molecule has 31 heavy (non-hydrogen) atoms. The number of hydrogen-bond donors (Lipinski definition) is 0. The van der Waals surface area contributed by atoms with Crippen LogP contribution in [-0.4, -0.2) is 62.2 Å². The van der Waals surface area contributed by atoms with Gasteiger partial charge in [0, 0.05) is 38.0 Å². The van der Waals surface area contributed by atoms with Gasteiger partial charge in [0.1, 0.15) is 17.2 Å². The van der Waals surface area contributed by atoms with Gasteiger partial charge in [-0.05, 0) is 33.4 Å². The summed E-state index contributed by atoms with van der Waals surface area (Å²) in [7, 11) is 3.51. The summed E-state index contributed by atoms with van der Waals surface area (Å²) in [4.78, 5) is 39.9. The minimum absolute atomic E-state index is 0.135. The second kappa shape index (κ2) is 7.70. The van der Waals surface area contributed by atoms with Crippen LogP contribution in [0.4, 0.5) is 21.2 Å². The Morgan fingerprint density at radius 3 is 2.68 bits per heavy atom. The van der Waals surface area contributed by atoms with Crippen LogP contribution in [0.2, 0.25) is 0 Å². The predicted molar refractivity (Wildman–Crippen MR) is 117 cm³/mol.